The van der Waals surface area contributed by atoms with Gasteiger partial charge in [0.2, 0.25) is 5.91 Å². The maximum absolute atomic E-state index is 11.7. The molecule has 1 aromatic rings. The van der Waals surface area contributed by atoms with Gasteiger partial charge < -0.3 is 5.32 Å². The summed E-state index contributed by atoms with van der Waals surface area (Å²) in [7, 11) is -3.39. The maximum Gasteiger partial charge on any atom is 0.226 e. The van der Waals surface area contributed by atoms with Crippen LogP contribution < -0.4 is 5.32 Å². The Bertz CT molecular complexity index is 511. The summed E-state index contributed by atoms with van der Waals surface area (Å²) in [6.45, 7) is 5.78. The van der Waals surface area contributed by atoms with Gasteiger partial charge in [-0.1, -0.05) is 20.8 Å². The first kappa shape index (κ1) is 13.7. The molecular weight excluding hydrogens is 242 g/mol. The molecule has 0 spiro atoms. The van der Waals surface area contributed by atoms with Crippen LogP contribution >= 0.6 is 0 Å². The molecule has 0 radical (unpaired) electrons. The van der Waals surface area contributed by atoms with E-state index in [0.717, 1.165) is 6.26 Å². The number of carbonyl (C=O) groups is 1. The second-order valence-corrected chi connectivity index (χ2v) is 7.15. The molecule has 17 heavy (non-hydrogen) atoms. The van der Waals surface area contributed by atoms with Gasteiger partial charge in [-0.15, -0.1) is 0 Å². The summed E-state index contributed by atoms with van der Waals surface area (Å²) in [6.07, 6.45) is 2.55. The Hall–Kier alpha value is -1.37. The van der Waals surface area contributed by atoms with Crippen LogP contribution in [0, 0.1) is 5.41 Å². The first-order valence-electron chi connectivity index (χ1n) is 5.13. The molecule has 0 fully saturated rings. The van der Waals surface area contributed by atoms with Crippen molar-refractivity contribution in [1.82, 2.24) is 10.2 Å². The lowest BCUT2D eigenvalue weighted by molar-refractivity contribution is -0.117. The number of carbonyl (C=O) groups excluding carboxylic acids is 1. The molecular formula is C10H17N3O3S. The van der Waals surface area contributed by atoms with E-state index in [9.17, 15) is 13.2 Å². The highest BCUT2D eigenvalue weighted by Crippen LogP contribution is 2.21. The van der Waals surface area contributed by atoms with Crippen LogP contribution in [0.15, 0.2) is 11.1 Å². The summed E-state index contributed by atoms with van der Waals surface area (Å²) >= 11 is 0. The first-order valence-corrected chi connectivity index (χ1v) is 7.02. The minimum absolute atomic E-state index is 0.000223. The summed E-state index contributed by atoms with van der Waals surface area (Å²) in [6, 6.07) is 0. The lowest BCUT2D eigenvalue weighted by Crippen LogP contribution is -2.20. The van der Waals surface area contributed by atoms with E-state index in [4.69, 9.17) is 0 Å². The standard InChI is InChI=1S/C10H17N3O3S/c1-10(2,3)5-8(14)12-9-7(6-11-13-9)17(4,15)16/h6H,5H2,1-4H3,(H2,11,12,13,14). The van der Waals surface area contributed by atoms with Crippen molar-refractivity contribution < 1.29 is 13.2 Å². The minimum Gasteiger partial charge on any atom is -0.310 e. The molecule has 0 aromatic carbocycles. The highest BCUT2D eigenvalue weighted by atomic mass is 32.2. The minimum atomic E-state index is -3.39. The van der Waals surface area contributed by atoms with Crippen molar-refractivity contribution in [3.63, 3.8) is 0 Å². The number of amides is 1. The number of rotatable bonds is 3. The van der Waals surface area contributed by atoms with Crippen LogP contribution in [-0.2, 0) is 14.6 Å². The summed E-state index contributed by atoms with van der Waals surface area (Å²) < 4.78 is 22.7. The molecule has 96 valence electrons. The van der Waals surface area contributed by atoms with Crippen LogP contribution in [0.1, 0.15) is 27.2 Å². The smallest absolute Gasteiger partial charge is 0.226 e. The van der Waals surface area contributed by atoms with Gasteiger partial charge in [-0.25, -0.2) is 8.42 Å². The summed E-state index contributed by atoms with van der Waals surface area (Å²) in [5.74, 6) is -0.117. The fourth-order valence-electron chi connectivity index (χ4n) is 1.31. The number of hydrogen-bond donors (Lipinski definition) is 2. The van der Waals surface area contributed by atoms with Crippen LogP contribution in [-0.4, -0.2) is 30.8 Å². The third-order valence-corrected chi connectivity index (χ3v) is 3.07. The van der Waals surface area contributed by atoms with Crippen molar-refractivity contribution in [2.45, 2.75) is 32.1 Å². The zero-order chi connectivity index (χ0) is 13.3. The van der Waals surface area contributed by atoms with Crippen molar-refractivity contribution >= 4 is 21.6 Å². The van der Waals surface area contributed by atoms with Gasteiger partial charge in [0.1, 0.15) is 10.7 Å². The van der Waals surface area contributed by atoms with E-state index in [1.165, 1.54) is 6.20 Å². The lowest BCUT2D eigenvalue weighted by Gasteiger charge is -2.16. The van der Waals surface area contributed by atoms with E-state index in [0.29, 0.717) is 6.42 Å². The molecule has 1 rings (SSSR count). The maximum atomic E-state index is 11.7. The van der Waals surface area contributed by atoms with Crippen LogP contribution in [0.5, 0.6) is 0 Å². The fourth-order valence-corrected chi connectivity index (χ4v) is 2.02. The molecule has 1 aromatic heterocycles. The second kappa shape index (κ2) is 4.48. The Balaban J connectivity index is 2.84. The average molecular weight is 259 g/mol. The van der Waals surface area contributed by atoms with Gasteiger partial charge >= 0.3 is 0 Å². The molecule has 0 aliphatic rings. The summed E-state index contributed by atoms with van der Waals surface area (Å²) in [4.78, 5) is 11.7. The number of anilines is 1. The van der Waals surface area contributed by atoms with Crippen LogP contribution in [0.2, 0.25) is 0 Å². The Morgan fingerprint density at radius 2 is 2.06 bits per heavy atom. The first-order chi connectivity index (χ1) is 7.59. The van der Waals surface area contributed by atoms with Crippen molar-refractivity contribution in [3.8, 4) is 0 Å². The molecule has 0 unspecified atom stereocenters. The normalized spacial score (nSPS) is 12.5. The third kappa shape index (κ3) is 4.18. The predicted octanol–water partition coefficient (Wildman–Crippen LogP) is 1.19. The van der Waals surface area contributed by atoms with E-state index < -0.39 is 9.84 Å². The van der Waals surface area contributed by atoms with Crippen molar-refractivity contribution in [1.29, 1.82) is 0 Å². The number of sulfone groups is 1. The molecule has 0 bridgehead atoms. The van der Waals surface area contributed by atoms with Gasteiger partial charge in [0.05, 0.1) is 6.20 Å². The van der Waals surface area contributed by atoms with E-state index >= 15 is 0 Å². The number of nitrogens with one attached hydrogen (secondary N) is 2. The van der Waals surface area contributed by atoms with Crippen LogP contribution in [0.25, 0.3) is 0 Å². The van der Waals surface area contributed by atoms with Crippen LogP contribution in [0.4, 0.5) is 5.82 Å². The van der Waals surface area contributed by atoms with E-state index in [2.05, 4.69) is 15.5 Å². The quantitative estimate of drug-likeness (QED) is 0.852. The number of aromatic amines is 1. The van der Waals surface area contributed by atoms with E-state index in [1.54, 1.807) is 0 Å². The summed E-state index contributed by atoms with van der Waals surface area (Å²) in [5.41, 5.74) is -0.157. The molecule has 1 amide bonds. The van der Waals surface area contributed by atoms with Gasteiger partial charge in [-0.05, 0) is 5.41 Å². The van der Waals surface area contributed by atoms with Crippen molar-refractivity contribution in [2.75, 3.05) is 11.6 Å². The number of hydrogen-bond acceptors (Lipinski definition) is 4. The topological polar surface area (TPSA) is 91.9 Å². The fraction of sp³-hybridized carbons (Fsp3) is 0.600. The Labute approximate surface area is 101 Å². The molecule has 7 heteroatoms. The largest absolute Gasteiger partial charge is 0.310 e. The monoisotopic (exact) mass is 259 g/mol. The zero-order valence-electron chi connectivity index (χ0n) is 10.4. The van der Waals surface area contributed by atoms with Gasteiger partial charge in [0, 0.05) is 12.7 Å². The zero-order valence-corrected chi connectivity index (χ0v) is 11.2. The highest BCUT2D eigenvalue weighted by Gasteiger charge is 2.20. The number of H-pyrrole nitrogens is 1. The molecule has 0 atom stereocenters. The van der Waals surface area contributed by atoms with Gasteiger partial charge in [-0.2, -0.15) is 5.10 Å². The molecule has 0 aliphatic carbocycles. The Morgan fingerprint density at radius 1 is 1.47 bits per heavy atom. The summed E-state index contributed by atoms with van der Waals surface area (Å²) in [5, 5.41) is 8.60. The molecule has 2 N–H and O–H groups in total. The average Bonchev–Trinajstić information content (AvgIpc) is 2.46. The van der Waals surface area contributed by atoms with E-state index in [1.807, 2.05) is 20.8 Å². The molecule has 0 aliphatic heterocycles. The third-order valence-electron chi connectivity index (χ3n) is 1.96. The SMILES string of the molecule is CC(C)(C)CC(=O)Nc1[nH]ncc1S(C)(=O)=O. The molecule has 0 saturated carbocycles. The van der Waals surface area contributed by atoms with Crippen molar-refractivity contribution in [2.24, 2.45) is 5.41 Å². The predicted molar refractivity (Wildman–Crippen MR) is 64.4 cm³/mol. The lowest BCUT2D eigenvalue weighted by atomic mass is 9.92. The van der Waals surface area contributed by atoms with Gasteiger partial charge in [0.15, 0.2) is 9.84 Å². The van der Waals surface area contributed by atoms with Crippen molar-refractivity contribution in [3.05, 3.63) is 6.20 Å². The Kier molecular flexibility index (Phi) is 3.61. The van der Waals surface area contributed by atoms with E-state index in [-0.39, 0.29) is 22.0 Å². The number of aromatic nitrogens is 2. The van der Waals surface area contributed by atoms with Crippen LogP contribution in [0.3, 0.4) is 0 Å². The molecule has 0 saturated heterocycles. The Morgan fingerprint density at radius 3 is 2.53 bits per heavy atom. The highest BCUT2D eigenvalue weighted by molar-refractivity contribution is 7.90. The second-order valence-electron chi connectivity index (χ2n) is 5.17. The van der Waals surface area contributed by atoms with Gasteiger partial charge in [0.25, 0.3) is 0 Å². The van der Waals surface area contributed by atoms with Gasteiger partial charge in [-0.3, -0.25) is 9.89 Å². The number of nitrogens with zero attached hydrogens (tertiary/aromatic N) is 1. The molecule has 6 nitrogen and oxygen atoms in total. The molecule has 1 heterocycles.